The Morgan fingerprint density at radius 2 is 1.58 bits per heavy atom. The third kappa shape index (κ3) is 12.2. The highest BCUT2D eigenvalue weighted by atomic mass is 16.2. The summed E-state index contributed by atoms with van der Waals surface area (Å²) in [5.74, 6) is 0.238. The molecule has 19 heavy (non-hydrogen) atoms. The van der Waals surface area contributed by atoms with Crippen molar-refractivity contribution in [2.45, 2.75) is 74.3 Å². The van der Waals surface area contributed by atoms with Crippen LogP contribution >= 0.6 is 0 Å². The lowest BCUT2D eigenvalue weighted by Gasteiger charge is -2.33. The van der Waals surface area contributed by atoms with Crippen LogP contribution in [0, 0.1) is 5.41 Å². The molecule has 1 N–H and O–H groups in total. The van der Waals surface area contributed by atoms with Crippen molar-refractivity contribution in [2.24, 2.45) is 5.41 Å². The second-order valence-electron chi connectivity index (χ2n) is 5.23. The third-order valence-corrected chi connectivity index (χ3v) is 2.74. The molecule has 0 saturated carbocycles. The first-order valence-electron chi connectivity index (χ1n) is 7.74. The fraction of sp³-hybridized carbons (Fsp3) is 0.938. The molecule has 118 valence electrons. The SMILES string of the molecule is CC.CC.CCCC(=O)N(C)CC(NC)C(C)(C)C. The summed E-state index contributed by atoms with van der Waals surface area (Å²) in [4.78, 5) is 13.4. The summed E-state index contributed by atoms with van der Waals surface area (Å²) in [7, 11) is 3.84. The molecule has 1 unspecified atom stereocenters. The molecule has 0 aromatic carbocycles. The lowest BCUT2D eigenvalue weighted by Crippen LogP contribution is -2.47. The molecule has 0 aliphatic heterocycles. The Kier molecular flexibility index (Phi) is 17.1. The average Bonchev–Trinajstić information content (AvgIpc) is 2.39. The summed E-state index contributed by atoms with van der Waals surface area (Å²) in [6.45, 7) is 17.4. The highest BCUT2D eigenvalue weighted by molar-refractivity contribution is 5.75. The summed E-state index contributed by atoms with van der Waals surface area (Å²) in [6.07, 6.45) is 1.57. The van der Waals surface area contributed by atoms with Crippen LogP contribution in [-0.2, 0) is 4.79 Å². The molecule has 1 atom stereocenters. The van der Waals surface area contributed by atoms with E-state index in [9.17, 15) is 4.79 Å². The van der Waals surface area contributed by atoms with E-state index >= 15 is 0 Å². The Morgan fingerprint density at radius 3 is 1.84 bits per heavy atom. The van der Waals surface area contributed by atoms with Crippen molar-refractivity contribution >= 4 is 5.91 Å². The van der Waals surface area contributed by atoms with Gasteiger partial charge in [-0.25, -0.2) is 0 Å². The quantitative estimate of drug-likeness (QED) is 0.824. The topological polar surface area (TPSA) is 32.3 Å². The van der Waals surface area contributed by atoms with E-state index < -0.39 is 0 Å². The first-order chi connectivity index (χ1) is 8.82. The fourth-order valence-corrected chi connectivity index (χ4v) is 1.58. The van der Waals surface area contributed by atoms with Crippen LogP contribution in [0.3, 0.4) is 0 Å². The van der Waals surface area contributed by atoms with Crippen LogP contribution in [0.4, 0.5) is 0 Å². The Hall–Kier alpha value is -0.570. The molecule has 0 aliphatic rings. The molecule has 0 saturated heterocycles. The molecule has 3 heteroatoms. The number of nitrogens with zero attached hydrogens (tertiary/aromatic N) is 1. The molecule has 0 rings (SSSR count). The van der Waals surface area contributed by atoms with Crippen LogP contribution in [0.5, 0.6) is 0 Å². The van der Waals surface area contributed by atoms with Gasteiger partial charge in [0.15, 0.2) is 0 Å². The number of carbonyl (C=O) groups is 1. The number of likely N-dealkylation sites (N-methyl/N-ethyl adjacent to an activating group) is 2. The largest absolute Gasteiger partial charge is 0.344 e. The summed E-state index contributed by atoms with van der Waals surface area (Å²) in [5, 5.41) is 3.28. The minimum Gasteiger partial charge on any atom is -0.344 e. The zero-order valence-corrected chi connectivity index (χ0v) is 15.1. The number of amides is 1. The Labute approximate surface area is 122 Å². The summed E-state index contributed by atoms with van der Waals surface area (Å²) >= 11 is 0. The van der Waals surface area contributed by atoms with Gasteiger partial charge in [-0.2, -0.15) is 0 Å². The van der Waals surface area contributed by atoms with Crippen LogP contribution < -0.4 is 5.32 Å². The van der Waals surface area contributed by atoms with Crippen LogP contribution in [-0.4, -0.2) is 37.5 Å². The number of carbonyl (C=O) groups excluding carboxylic acids is 1. The van der Waals surface area contributed by atoms with Crippen LogP contribution in [0.2, 0.25) is 0 Å². The van der Waals surface area contributed by atoms with Gasteiger partial charge in [-0.1, -0.05) is 55.4 Å². The summed E-state index contributed by atoms with van der Waals surface area (Å²) < 4.78 is 0. The smallest absolute Gasteiger partial charge is 0.222 e. The highest BCUT2D eigenvalue weighted by Crippen LogP contribution is 2.19. The standard InChI is InChI=1S/C12H26N2O.2C2H6/c1-7-8-11(15)14(6)9-10(13-5)12(2,3)4;2*1-2/h10,13H,7-9H2,1-6H3;2*1-2H3. The van der Waals surface area contributed by atoms with Gasteiger partial charge < -0.3 is 10.2 Å². The minimum absolute atomic E-state index is 0.176. The summed E-state index contributed by atoms with van der Waals surface area (Å²) in [6, 6.07) is 0.336. The lowest BCUT2D eigenvalue weighted by atomic mass is 9.86. The van der Waals surface area contributed by atoms with Gasteiger partial charge in [-0.05, 0) is 18.9 Å². The zero-order chi connectivity index (χ0) is 16.1. The highest BCUT2D eigenvalue weighted by Gasteiger charge is 2.25. The average molecular weight is 274 g/mol. The fourth-order valence-electron chi connectivity index (χ4n) is 1.58. The first-order valence-corrected chi connectivity index (χ1v) is 7.74. The van der Waals surface area contributed by atoms with Gasteiger partial charge in [0.05, 0.1) is 0 Å². The predicted octanol–water partition coefficient (Wildman–Crippen LogP) is 3.93. The molecule has 0 fully saturated rings. The molecular weight excluding hydrogens is 236 g/mol. The van der Waals surface area contributed by atoms with Crippen LogP contribution in [0.25, 0.3) is 0 Å². The first kappa shape index (κ1) is 23.5. The van der Waals surface area contributed by atoms with Gasteiger partial charge in [-0.15, -0.1) is 0 Å². The van der Waals surface area contributed by atoms with E-state index in [0.29, 0.717) is 12.5 Å². The molecule has 1 amide bonds. The Bertz CT molecular complexity index is 197. The minimum atomic E-state index is 0.176. The zero-order valence-electron chi connectivity index (χ0n) is 15.1. The second-order valence-corrected chi connectivity index (χ2v) is 5.23. The van der Waals surface area contributed by atoms with Gasteiger partial charge >= 0.3 is 0 Å². The van der Waals surface area contributed by atoms with Crippen molar-refractivity contribution in [3.05, 3.63) is 0 Å². The van der Waals surface area contributed by atoms with Crippen molar-refractivity contribution in [1.82, 2.24) is 10.2 Å². The maximum atomic E-state index is 11.6. The molecule has 0 aromatic heterocycles. The normalized spacial score (nSPS) is 11.5. The Morgan fingerprint density at radius 1 is 1.16 bits per heavy atom. The molecule has 3 nitrogen and oxygen atoms in total. The molecule has 0 heterocycles. The van der Waals surface area contributed by atoms with E-state index in [1.54, 1.807) is 0 Å². The molecule has 0 bridgehead atoms. The number of hydrogen-bond donors (Lipinski definition) is 1. The number of hydrogen-bond acceptors (Lipinski definition) is 2. The van der Waals surface area contributed by atoms with E-state index in [4.69, 9.17) is 0 Å². The van der Waals surface area contributed by atoms with Crippen LogP contribution in [0.15, 0.2) is 0 Å². The molecular formula is C16H38N2O. The van der Waals surface area contributed by atoms with E-state index in [2.05, 4.69) is 26.1 Å². The van der Waals surface area contributed by atoms with E-state index in [1.807, 2.05) is 53.6 Å². The van der Waals surface area contributed by atoms with Crippen molar-refractivity contribution in [3.63, 3.8) is 0 Å². The van der Waals surface area contributed by atoms with E-state index in [0.717, 1.165) is 13.0 Å². The molecule has 0 aliphatic carbocycles. The van der Waals surface area contributed by atoms with Crippen molar-refractivity contribution in [2.75, 3.05) is 20.6 Å². The van der Waals surface area contributed by atoms with Gasteiger partial charge in [0.25, 0.3) is 0 Å². The monoisotopic (exact) mass is 274 g/mol. The maximum absolute atomic E-state index is 11.6. The van der Waals surface area contributed by atoms with Gasteiger partial charge in [-0.3, -0.25) is 4.79 Å². The molecule has 0 radical (unpaired) electrons. The van der Waals surface area contributed by atoms with E-state index in [-0.39, 0.29) is 11.3 Å². The maximum Gasteiger partial charge on any atom is 0.222 e. The third-order valence-electron chi connectivity index (χ3n) is 2.74. The molecule has 0 spiro atoms. The predicted molar refractivity (Wildman–Crippen MR) is 87.5 cm³/mol. The number of rotatable bonds is 5. The molecule has 0 aromatic rings. The van der Waals surface area contributed by atoms with Gasteiger partial charge in [0.1, 0.15) is 0 Å². The van der Waals surface area contributed by atoms with Crippen LogP contribution in [0.1, 0.15) is 68.2 Å². The van der Waals surface area contributed by atoms with Gasteiger partial charge in [0, 0.05) is 26.1 Å². The van der Waals surface area contributed by atoms with E-state index in [1.165, 1.54) is 0 Å². The Balaban J connectivity index is -0.000000579. The van der Waals surface area contributed by atoms with Gasteiger partial charge in [0.2, 0.25) is 5.91 Å². The van der Waals surface area contributed by atoms with Crippen molar-refractivity contribution in [1.29, 1.82) is 0 Å². The second kappa shape index (κ2) is 13.9. The van der Waals surface area contributed by atoms with Crippen molar-refractivity contribution in [3.8, 4) is 0 Å². The lowest BCUT2D eigenvalue weighted by molar-refractivity contribution is -0.130. The number of nitrogens with one attached hydrogen (secondary N) is 1. The summed E-state index contributed by atoms with van der Waals surface area (Å²) in [5.41, 5.74) is 0.176. The van der Waals surface area contributed by atoms with Crippen molar-refractivity contribution < 1.29 is 4.79 Å².